The van der Waals surface area contributed by atoms with Crippen LogP contribution < -0.4 is 5.32 Å². The van der Waals surface area contributed by atoms with Crippen molar-refractivity contribution in [2.75, 3.05) is 25.0 Å². The van der Waals surface area contributed by atoms with Gasteiger partial charge in [0, 0.05) is 31.2 Å². The zero-order chi connectivity index (χ0) is 21.3. The van der Waals surface area contributed by atoms with E-state index >= 15 is 0 Å². The second kappa shape index (κ2) is 8.66. The normalized spacial score (nSPS) is 21.8. The number of hydrogen-bond donors (Lipinski definition) is 1. The molecule has 4 rings (SSSR count). The van der Waals surface area contributed by atoms with Crippen LogP contribution in [0.3, 0.4) is 0 Å². The largest absolute Gasteiger partial charge is 0.376 e. The summed E-state index contributed by atoms with van der Waals surface area (Å²) in [6.07, 6.45) is 6.40. The first-order valence-electron chi connectivity index (χ1n) is 10.9. The van der Waals surface area contributed by atoms with E-state index in [1.165, 1.54) is 5.69 Å². The topological polar surface area (TPSA) is 75.2 Å². The summed E-state index contributed by atoms with van der Waals surface area (Å²) in [6.45, 7) is 6.63. The van der Waals surface area contributed by atoms with Gasteiger partial charge in [0.15, 0.2) is 0 Å². The molecule has 2 fully saturated rings. The molecule has 2 aliphatic heterocycles. The highest BCUT2D eigenvalue weighted by molar-refractivity contribution is 5.93. The fourth-order valence-electron chi connectivity index (χ4n) is 4.88. The van der Waals surface area contributed by atoms with Gasteiger partial charge in [-0.05, 0) is 63.8 Å². The van der Waals surface area contributed by atoms with Gasteiger partial charge in [-0.2, -0.15) is 5.26 Å². The van der Waals surface area contributed by atoms with Gasteiger partial charge in [0.05, 0.1) is 30.8 Å². The molecule has 2 saturated heterocycles. The van der Waals surface area contributed by atoms with Crippen LogP contribution in [0.5, 0.6) is 0 Å². The molecule has 2 aromatic rings. The Bertz CT molecular complexity index is 961. The molecule has 0 aromatic carbocycles. The number of ether oxygens (including phenoxy) is 1. The van der Waals surface area contributed by atoms with Gasteiger partial charge in [0.25, 0.3) is 0 Å². The van der Waals surface area contributed by atoms with E-state index in [9.17, 15) is 10.1 Å². The van der Waals surface area contributed by atoms with Gasteiger partial charge in [-0.15, -0.1) is 0 Å². The van der Waals surface area contributed by atoms with Crippen molar-refractivity contribution in [2.45, 2.75) is 58.2 Å². The summed E-state index contributed by atoms with van der Waals surface area (Å²) in [4.78, 5) is 15.3. The van der Waals surface area contributed by atoms with Crippen molar-refractivity contribution in [2.24, 2.45) is 7.05 Å². The maximum Gasteiger partial charge on any atom is 0.239 e. The van der Waals surface area contributed by atoms with E-state index in [1.807, 2.05) is 13.8 Å². The fraction of sp³-hybridized carbons (Fsp3) is 0.565. The number of likely N-dealkylation sites (tertiary alicyclic amines) is 1. The molecule has 7 heteroatoms. The minimum Gasteiger partial charge on any atom is -0.376 e. The van der Waals surface area contributed by atoms with Crippen LogP contribution in [-0.4, -0.2) is 45.7 Å². The van der Waals surface area contributed by atoms with E-state index < -0.39 is 0 Å². The molecule has 4 heterocycles. The number of rotatable bonds is 6. The van der Waals surface area contributed by atoms with Crippen LogP contribution in [0.4, 0.5) is 5.82 Å². The van der Waals surface area contributed by atoms with Gasteiger partial charge >= 0.3 is 0 Å². The van der Waals surface area contributed by atoms with E-state index in [-0.39, 0.29) is 18.1 Å². The average Bonchev–Trinajstić information content (AvgIpc) is 3.49. The minimum atomic E-state index is -0.0706. The average molecular weight is 410 g/mol. The number of aromatic nitrogens is 2. The summed E-state index contributed by atoms with van der Waals surface area (Å²) in [6, 6.07) is 6.74. The van der Waals surface area contributed by atoms with E-state index in [1.54, 1.807) is 0 Å². The number of carbonyl (C=O) groups excluding carboxylic acids is 1. The lowest BCUT2D eigenvalue weighted by molar-refractivity contribution is -0.117. The molecule has 2 aromatic heterocycles. The first-order valence-corrected chi connectivity index (χ1v) is 10.9. The first-order chi connectivity index (χ1) is 14.5. The molecule has 0 spiro atoms. The maximum atomic E-state index is 13.0. The monoisotopic (exact) mass is 409 g/mol. The van der Waals surface area contributed by atoms with E-state index in [2.05, 4.69) is 50.8 Å². The lowest BCUT2D eigenvalue weighted by atomic mass is 10.1. The predicted molar refractivity (Wildman–Crippen MR) is 115 cm³/mol. The zero-order valence-electron chi connectivity index (χ0n) is 18.1. The summed E-state index contributed by atoms with van der Waals surface area (Å²) < 4.78 is 9.99. The molecule has 0 bridgehead atoms. The van der Waals surface area contributed by atoms with Crippen LogP contribution in [0.1, 0.15) is 54.2 Å². The highest BCUT2D eigenvalue weighted by Crippen LogP contribution is 2.32. The molecular weight excluding hydrogens is 378 g/mol. The SMILES string of the molecule is Cc1c(C#N)c(NC(=O)CN2CCCC2c2cccn2C)n(CC2CCCO2)c1C. The van der Waals surface area contributed by atoms with Gasteiger partial charge in [-0.1, -0.05) is 0 Å². The van der Waals surface area contributed by atoms with E-state index in [0.29, 0.717) is 24.5 Å². The molecule has 1 amide bonds. The molecule has 30 heavy (non-hydrogen) atoms. The third-order valence-corrected chi connectivity index (χ3v) is 6.64. The van der Waals surface area contributed by atoms with Gasteiger partial charge < -0.3 is 19.2 Å². The van der Waals surface area contributed by atoms with Crippen molar-refractivity contribution in [1.82, 2.24) is 14.0 Å². The van der Waals surface area contributed by atoms with Gasteiger partial charge in [-0.25, -0.2) is 0 Å². The summed E-state index contributed by atoms with van der Waals surface area (Å²) in [5.41, 5.74) is 3.74. The Balaban J connectivity index is 1.52. The Morgan fingerprint density at radius 3 is 2.83 bits per heavy atom. The van der Waals surface area contributed by atoms with Crippen molar-refractivity contribution in [3.8, 4) is 6.07 Å². The Labute approximate surface area is 178 Å². The van der Waals surface area contributed by atoms with Crippen LogP contribution in [0.25, 0.3) is 0 Å². The molecule has 2 unspecified atom stereocenters. The molecular formula is C23H31N5O2. The van der Waals surface area contributed by atoms with Crippen molar-refractivity contribution in [3.63, 3.8) is 0 Å². The van der Waals surface area contributed by atoms with Crippen molar-refractivity contribution in [3.05, 3.63) is 40.8 Å². The first kappa shape index (κ1) is 20.7. The maximum absolute atomic E-state index is 13.0. The summed E-state index contributed by atoms with van der Waals surface area (Å²) in [5.74, 6) is 0.543. The molecule has 0 aliphatic carbocycles. The third kappa shape index (κ3) is 3.90. The van der Waals surface area contributed by atoms with Gasteiger partial charge in [-0.3, -0.25) is 9.69 Å². The number of anilines is 1. The number of nitrogens with zero attached hydrogens (tertiary/aromatic N) is 4. The molecule has 160 valence electrons. The molecule has 0 radical (unpaired) electrons. The molecule has 0 saturated carbocycles. The van der Waals surface area contributed by atoms with Crippen LogP contribution in [-0.2, 0) is 23.1 Å². The second-order valence-corrected chi connectivity index (χ2v) is 8.51. The van der Waals surface area contributed by atoms with Crippen molar-refractivity contribution < 1.29 is 9.53 Å². The van der Waals surface area contributed by atoms with E-state index in [4.69, 9.17) is 4.74 Å². The number of carbonyl (C=O) groups is 1. The number of nitrogens with one attached hydrogen (secondary N) is 1. The summed E-state index contributed by atoms with van der Waals surface area (Å²) in [7, 11) is 2.05. The van der Waals surface area contributed by atoms with Crippen molar-refractivity contribution >= 4 is 11.7 Å². The smallest absolute Gasteiger partial charge is 0.239 e. The zero-order valence-corrected chi connectivity index (χ0v) is 18.1. The molecule has 2 aliphatic rings. The lowest BCUT2D eigenvalue weighted by Crippen LogP contribution is -2.34. The molecule has 2 atom stereocenters. The van der Waals surface area contributed by atoms with Gasteiger partial charge in [0.2, 0.25) is 5.91 Å². The highest BCUT2D eigenvalue weighted by Gasteiger charge is 2.30. The van der Waals surface area contributed by atoms with Crippen LogP contribution in [0, 0.1) is 25.2 Å². The standard InChI is InChI=1S/C23H31N5O2/c1-16-17(2)28(14-18-7-6-12-30-18)23(19(16)13-24)25-22(29)15-27-11-5-9-21(27)20-8-4-10-26(20)3/h4,8,10,18,21H,5-7,9,11-12,14-15H2,1-3H3,(H,25,29). The third-order valence-electron chi connectivity index (χ3n) is 6.64. The van der Waals surface area contributed by atoms with E-state index in [0.717, 1.165) is 50.1 Å². The second-order valence-electron chi connectivity index (χ2n) is 8.51. The Hall–Kier alpha value is -2.56. The minimum absolute atomic E-state index is 0.0706. The van der Waals surface area contributed by atoms with Crippen LogP contribution in [0.2, 0.25) is 0 Å². The number of amides is 1. The van der Waals surface area contributed by atoms with Gasteiger partial charge in [0.1, 0.15) is 11.9 Å². The fourth-order valence-corrected chi connectivity index (χ4v) is 4.88. The summed E-state index contributed by atoms with van der Waals surface area (Å²) >= 11 is 0. The Kier molecular flexibility index (Phi) is 5.98. The van der Waals surface area contributed by atoms with Crippen LogP contribution in [0.15, 0.2) is 18.3 Å². The predicted octanol–water partition coefficient (Wildman–Crippen LogP) is 3.27. The molecule has 7 nitrogen and oxygen atoms in total. The number of hydrogen-bond acceptors (Lipinski definition) is 4. The highest BCUT2D eigenvalue weighted by atomic mass is 16.5. The Morgan fingerprint density at radius 2 is 2.17 bits per heavy atom. The van der Waals surface area contributed by atoms with Crippen molar-refractivity contribution in [1.29, 1.82) is 5.26 Å². The quantitative estimate of drug-likeness (QED) is 0.795. The Morgan fingerprint density at radius 1 is 1.33 bits per heavy atom. The number of aryl methyl sites for hydroxylation is 1. The lowest BCUT2D eigenvalue weighted by Gasteiger charge is -2.25. The van der Waals surface area contributed by atoms with Crippen LogP contribution >= 0.6 is 0 Å². The molecule has 1 N–H and O–H groups in total. The summed E-state index contributed by atoms with van der Waals surface area (Å²) in [5, 5.41) is 12.8. The number of nitriles is 1.